The molecule has 1 aromatic rings. The average Bonchev–Trinajstić information content (AvgIpc) is 2.62. The Morgan fingerprint density at radius 3 is 2.42 bits per heavy atom. The fourth-order valence-electron chi connectivity index (χ4n) is 3.15. The minimum absolute atomic E-state index is 0.0319. The van der Waals surface area contributed by atoms with E-state index in [0.717, 1.165) is 19.3 Å². The molecule has 0 saturated heterocycles. The molecular formula is C19H31O6P. The van der Waals surface area contributed by atoms with Gasteiger partial charge in [0.1, 0.15) is 17.6 Å². The van der Waals surface area contributed by atoms with Gasteiger partial charge in [-0.05, 0) is 51.2 Å². The van der Waals surface area contributed by atoms with E-state index in [1.54, 1.807) is 33.1 Å². The Morgan fingerprint density at radius 2 is 1.77 bits per heavy atom. The molecule has 0 radical (unpaired) electrons. The maximum Gasteiger partial charge on any atom is 0.367 e. The number of ether oxygens (including phenoxy) is 3. The van der Waals surface area contributed by atoms with Crippen molar-refractivity contribution in [1.82, 2.24) is 0 Å². The Labute approximate surface area is 156 Å². The van der Waals surface area contributed by atoms with Gasteiger partial charge in [-0.3, -0.25) is 4.57 Å². The van der Waals surface area contributed by atoms with Crippen LogP contribution in [0.4, 0.5) is 0 Å². The molecular weight excluding hydrogens is 355 g/mol. The fraction of sp³-hybridized carbons (Fsp3) is 0.684. The van der Waals surface area contributed by atoms with Crippen LogP contribution in [0.5, 0.6) is 11.5 Å². The van der Waals surface area contributed by atoms with Gasteiger partial charge < -0.3 is 23.3 Å². The van der Waals surface area contributed by atoms with Crippen molar-refractivity contribution in [3.63, 3.8) is 0 Å². The Morgan fingerprint density at radius 1 is 1.08 bits per heavy atom. The van der Waals surface area contributed by atoms with Gasteiger partial charge in [-0.1, -0.05) is 13.0 Å². The van der Waals surface area contributed by atoms with Crippen LogP contribution in [-0.2, 0) is 18.3 Å². The van der Waals surface area contributed by atoms with Gasteiger partial charge in [0, 0.05) is 13.2 Å². The number of hydrogen-bond donors (Lipinski definition) is 0. The second kappa shape index (κ2) is 10.3. The van der Waals surface area contributed by atoms with Crippen LogP contribution in [0.25, 0.3) is 0 Å². The predicted octanol–water partition coefficient (Wildman–Crippen LogP) is 4.87. The summed E-state index contributed by atoms with van der Waals surface area (Å²) in [6.45, 7) is 6.41. The molecule has 7 heteroatoms. The quantitative estimate of drug-likeness (QED) is 0.535. The van der Waals surface area contributed by atoms with Crippen LogP contribution in [0.15, 0.2) is 24.3 Å². The molecule has 148 valence electrons. The van der Waals surface area contributed by atoms with E-state index < -0.39 is 7.60 Å². The molecule has 1 aromatic carbocycles. The highest BCUT2D eigenvalue weighted by Gasteiger charge is 2.30. The summed E-state index contributed by atoms with van der Waals surface area (Å²) < 4.78 is 40.4. The minimum atomic E-state index is -3.24. The predicted molar refractivity (Wildman–Crippen MR) is 101 cm³/mol. The van der Waals surface area contributed by atoms with Crippen LogP contribution in [0.1, 0.15) is 40.0 Å². The Balaban J connectivity index is 1.98. The molecule has 0 amide bonds. The first-order valence-corrected chi connectivity index (χ1v) is 11.0. The van der Waals surface area contributed by atoms with Crippen LogP contribution < -0.4 is 9.47 Å². The summed E-state index contributed by atoms with van der Waals surface area (Å²) in [4.78, 5) is 0. The zero-order valence-electron chi connectivity index (χ0n) is 16.2. The maximum absolute atomic E-state index is 12.5. The van der Waals surface area contributed by atoms with Gasteiger partial charge in [-0.2, -0.15) is 0 Å². The van der Waals surface area contributed by atoms with E-state index in [4.69, 9.17) is 23.3 Å². The second-order valence-corrected chi connectivity index (χ2v) is 8.54. The number of benzene rings is 1. The standard InChI is InChI=1S/C19H31O6P/c1-5-23-26(20,24-6-2)14-22-16-8-7-9-17(13-16)25-18-11-10-15(3)12-19(18)21-4/h7-9,13,15,18-19H,5-6,10-12,14H2,1-4H3/t15?,18?,19-/m1/s1. The lowest BCUT2D eigenvalue weighted by Crippen LogP contribution is -2.38. The van der Waals surface area contributed by atoms with Gasteiger partial charge in [-0.15, -0.1) is 0 Å². The van der Waals surface area contributed by atoms with Crippen molar-refractivity contribution in [2.75, 3.05) is 26.7 Å². The molecule has 0 spiro atoms. The Bertz CT molecular complexity index is 583. The van der Waals surface area contributed by atoms with Crippen molar-refractivity contribution in [1.29, 1.82) is 0 Å². The minimum Gasteiger partial charge on any atom is -0.488 e. The summed E-state index contributed by atoms with van der Waals surface area (Å²) in [5.41, 5.74) is 0. The highest BCUT2D eigenvalue weighted by atomic mass is 31.2. The van der Waals surface area contributed by atoms with Crippen molar-refractivity contribution in [2.45, 2.75) is 52.2 Å². The number of rotatable bonds is 10. The summed E-state index contributed by atoms with van der Waals surface area (Å²) in [7, 11) is -1.51. The lowest BCUT2D eigenvalue weighted by molar-refractivity contribution is -0.0357. The largest absolute Gasteiger partial charge is 0.488 e. The van der Waals surface area contributed by atoms with Crippen LogP contribution in [-0.4, -0.2) is 38.9 Å². The third-order valence-corrected chi connectivity index (χ3v) is 6.18. The molecule has 1 fully saturated rings. The van der Waals surface area contributed by atoms with Gasteiger partial charge in [0.05, 0.1) is 19.3 Å². The molecule has 0 aliphatic heterocycles. The zero-order chi connectivity index (χ0) is 19.0. The number of hydrogen-bond acceptors (Lipinski definition) is 6. The normalized spacial score (nSPS) is 23.6. The summed E-state index contributed by atoms with van der Waals surface area (Å²) >= 11 is 0. The van der Waals surface area contributed by atoms with E-state index in [0.29, 0.717) is 30.6 Å². The lowest BCUT2D eigenvalue weighted by atomic mass is 9.86. The van der Waals surface area contributed by atoms with Gasteiger partial charge in [0.15, 0.2) is 6.35 Å². The van der Waals surface area contributed by atoms with E-state index in [1.807, 2.05) is 12.1 Å². The van der Waals surface area contributed by atoms with E-state index in [2.05, 4.69) is 6.92 Å². The van der Waals surface area contributed by atoms with Gasteiger partial charge >= 0.3 is 7.60 Å². The Kier molecular flexibility index (Phi) is 8.42. The smallest absolute Gasteiger partial charge is 0.367 e. The van der Waals surface area contributed by atoms with E-state index >= 15 is 0 Å². The maximum atomic E-state index is 12.5. The molecule has 26 heavy (non-hydrogen) atoms. The first-order valence-electron chi connectivity index (χ1n) is 9.30. The fourth-order valence-corrected chi connectivity index (χ4v) is 4.47. The second-order valence-electron chi connectivity index (χ2n) is 6.54. The third-order valence-electron chi connectivity index (χ3n) is 4.43. The molecule has 1 aliphatic carbocycles. The van der Waals surface area contributed by atoms with Crippen molar-refractivity contribution >= 4 is 7.60 Å². The van der Waals surface area contributed by atoms with Crippen LogP contribution in [0, 0.1) is 5.92 Å². The van der Waals surface area contributed by atoms with Gasteiger partial charge in [-0.25, -0.2) is 0 Å². The highest BCUT2D eigenvalue weighted by Crippen LogP contribution is 2.48. The summed E-state index contributed by atoms with van der Waals surface area (Å²) in [6, 6.07) is 7.34. The summed E-state index contributed by atoms with van der Waals surface area (Å²) in [6.07, 6.45) is 3.11. The van der Waals surface area contributed by atoms with Crippen molar-refractivity contribution in [3.05, 3.63) is 24.3 Å². The van der Waals surface area contributed by atoms with Crippen LogP contribution in [0.3, 0.4) is 0 Å². The summed E-state index contributed by atoms with van der Waals surface area (Å²) in [5, 5.41) is 0. The van der Waals surface area contributed by atoms with E-state index in [-0.39, 0.29) is 18.6 Å². The zero-order valence-corrected chi connectivity index (χ0v) is 17.1. The summed E-state index contributed by atoms with van der Waals surface area (Å²) in [5.74, 6) is 1.94. The molecule has 0 bridgehead atoms. The SMILES string of the molecule is CCOP(=O)(COc1cccc(OC2CCC(C)C[C@H]2OC)c1)OCC. The van der Waals surface area contributed by atoms with E-state index in [1.165, 1.54) is 0 Å². The molecule has 1 aliphatic rings. The van der Waals surface area contributed by atoms with Gasteiger partial charge in [0.2, 0.25) is 0 Å². The average molecular weight is 386 g/mol. The molecule has 6 nitrogen and oxygen atoms in total. The highest BCUT2D eigenvalue weighted by molar-refractivity contribution is 7.53. The molecule has 2 unspecified atom stereocenters. The number of methoxy groups -OCH3 is 1. The third kappa shape index (κ3) is 6.27. The molecule has 3 atom stereocenters. The first-order chi connectivity index (χ1) is 12.5. The first kappa shape index (κ1) is 21.2. The van der Waals surface area contributed by atoms with Gasteiger partial charge in [0.25, 0.3) is 0 Å². The van der Waals surface area contributed by atoms with Crippen LogP contribution in [0.2, 0.25) is 0 Å². The molecule has 2 rings (SSSR count). The molecule has 0 N–H and O–H groups in total. The van der Waals surface area contributed by atoms with Crippen molar-refractivity contribution < 1.29 is 27.8 Å². The van der Waals surface area contributed by atoms with E-state index in [9.17, 15) is 4.57 Å². The molecule has 1 saturated carbocycles. The Hall–Kier alpha value is -1.07. The monoisotopic (exact) mass is 386 g/mol. The molecule has 0 aromatic heterocycles. The molecule has 0 heterocycles. The topological polar surface area (TPSA) is 63.2 Å². The lowest BCUT2D eigenvalue weighted by Gasteiger charge is -2.34. The van der Waals surface area contributed by atoms with Crippen LogP contribution >= 0.6 is 7.60 Å². The van der Waals surface area contributed by atoms with Crippen molar-refractivity contribution in [2.24, 2.45) is 5.92 Å². The van der Waals surface area contributed by atoms with Crippen molar-refractivity contribution in [3.8, 4) is 11.5 Å².